The van der Waals surface area contributed by atoms with Gasteiger partial charge in [-0.15, -0.1) is 0 Å². The van der Waals surface area contributed by atoms with Crippen molar-refractivity contribution in [1.82, 2.24) is 10.2 Å². The molecule has 0 aliphatic carbocycles. The van der Waals surface area contributed by atoms with Crippen LogP contribution in [0.3, 0.4) is 0 Å². The van der Waals surface area contributed by atoms with Crippen LogP contribution in [-0.2, 0) is 4.79 Å². The molecule has 0 bridgehead atoms. The van der Waals surface area contributed by atoms with Crippen LogP contribution in [0.5, 0.6) is 0 Å². The number of nitrogens with one attached hydrogen (secondary N) is 1. The van der Waals surface area contributed by atoms with E-state index < -0.39 is 11.7 Å². The SMILES string of the molecule is NCCNC(=O)C1CCCN(C(=O)c2ccc(Cl)cc2F)C1. The Balaban J connectivity index is 2.05. The smallest absolute Gasteiger partial charge is 0.256 e. The number of halogens is 2. The second-order valence-corrected chi connectivity index (χ2v) is 5.73. The van der Waals surface area contributed by atoms with Crippen molar-refractivity contribution in [2.24, 2.45) is 11.7 Å². The van der Waals surface area contributed by atoms with Crippen LogP contribution >= 0.6 is 11.6 Å². The number of rotatable bonds is 4. The number of likely N-dealkylation sites (tertiary alicyclic amines) is 1. The maximum Gasteiger partial charge on any atom is 0.256 e. The van der Waals surface area contributed by atoms with Crippen LogP contribution in [-0.4, -0.2) is 42.9 Å². The lowest BCUT2D eigenvalue weighted by Gasteiger charge is -2.32. The van der Waals surface area contributed by atoms with Gasteiger partial charge in [-0.1, -0.05) is 11.6 Å². The third kappa shape index (κ3) is 3.96. The number of carbonyl (C=O) groups is 2. The third-order valence-corrected chi connectivity index (χ3v) is 3.92. The van der Waals surface area contributed by atoms with Crippen LogP contribution in [0.15, 0.2) is 18.2 Å². The van der Waals surface area contributed by atoms with Gasteiger partial charge in [0.15, 0.2) is 0 Å². The number of amides is 2. The summed E-state index contributed by atoms with van der Waals surface area (Å²) in [7, 11) is 0. The summed E-state index contributed by atoms with van der Waals surface area (Å²) < 4.78 is 13.9. The Morgan fingerprint density at radius 2 is 2.23 bits per heavy atom. The molecule has 2 rings (SSSR count). The minimum atomic E-state index is -0.646. The van der Waals surface area contributed by atoms with Crippen LogP contribution in [0.25, 0.3) is 0 Å². The molecule has 5 nitrogen and oxygen atoms in total. The molecule has 2 amide bonds. The zero-order valence-electron chi connectivity index (χ0n) is 12.1. The average Bonchev–Trinajstić information content (AvgIpc) is 2.52. The van der Waals surface area contributed by atoms with Crippen LogP contribution in [0.4, 0.5) is 4.39 Å². The van der Waals surface area contributed by atoms with Gasteiger partial charge in [-0.2, -0.15) is 0 Å². The molecule has 1 unspecified atom stereocenters. The maximum atomic E-state index is 13.9. The fraction of sp³-hybridized carbons (Fsp3) is 0.467. The molecule has 1 heterocycles. The minimum Gasteiger partial charge on any atom is -0.355 e. The van der Waals surface area contributed by atoms with E-state index in [2.05, 4.69) is 5.32 Å². The van der Waals surface area contributed by atoms with Crippen LogP contribution in [0, 0.1) is 11.7 Å². The summed E-state index contributed by atoms with van der Waals surface area (Å²) in [4.78, 5) is 25.9. The highest BCUT2D eigenvalue weighted by Gasteiger charge is 2.29. The van der Waals surface area contributed by atoms with Crippen molar-refractivity contribution in [2.45, 2.75) is 12.8 Å². The van der Waals surface area contributed by atoms with Crippen LogP contribution < -0.4 is 11.1 Å². The summed E-state index contributed by atoms with van der Waals surface area (Å²) in [5.41, 5.74) is 5.33. The van der Waals surface area contributed by atoms with Gasteiger partial charge in [0.05, 0.1) is 11.5 Å². The van der Waals surface area contributed by atoms with Gasteiger partial charge in [-0.05, 0) is 31.0 Å². The molecule has 0 spiro atoms. The number of nitrogens with zero attached hydrogens (tertiary/aromatic N) is 1. The van der Waals surface area contributed by atoms with Crippen molar-refractivity contribution < 1.29 is 14.0 Å². The molecule has 1 aromatic carbocycles. The topological polar surface area (TPSA) is 75.4 Å². The molecule has 1 fully saturated rings. The van der Waals surface area contributed by atoms with Gasteiger partial charge in [-0.3, -0.25) is 9.59 Å². The second-order valence-electron chi connectivity index (χ2n) is 5.29. The number of piperidine rings is 1. The lowest BCUT2D eigenvalue weighted by Crippen LogP contribution is -2.46. The summed E-state index contributed by atoms with van der Waals surface area (Å²) in [5.74, 6) is -1.45. The largest absolute Gasteiger partial charge is 0.355 e. The monoisotopic (exact) mass is 327 g/mol. The van der Waals surface area contributed by atoms with Gasteiger partial charge in [0.1, 0.15) is 5.82 Å². The first kappa shape index (κ1) is 16.7. The van der Waals surface area contributed by atoms with Crippen LogP contribution in [0.2, 0.25) is 5.02 Å². The van der Waals surface area contributed by atoms with Gasteiger partial charge in [-0.25, -0.2) is 4.39 Å². The molecule has 1 atom stereocenters. The molecule has 0 radical (unpaired) electrons. The molecular formula is C15H19ClFN3O2. The van der Waals surface area contributed by atoms with Crippen LogP contribution in [0.1, 0.15) is 23.2 Å². The van der Waals surface area contributed by atoms with E-state index in [1.54, 1.807) is 0 Å². The minimum absolute atomic E-state index is 0.0209. The molecule has 7 heteroatoms. The first-order chi connectivity index (χ1) is 10.5. The predicted molar refractivity (Wildman–Crippen MR) is 82.1 cm³/mol. The fourth-order valence-corrected chi connectivity index (χ4v) is 2.71. The molecule has 120 valence electrons. The highest BCUT2D eigenvalue weighted by Crippen LogP contribution is 2.21. The Hall–Kier alpha value is -1.66. The van der Waals surface area contributed by atoms with Gasteiger partial charge in [0.2, 0.25) is 5.91 Å². The summed E-state index contributed by atoms with van der Waals surface area (Å²) in [6.07, 6.45) is 1.42. The van der Waals surface area contributed by atoms with E-state index in [-0.39, 0.29) is 29.0 Å². The van der Waals surface area contributed by atoms with Crippen molar-refractivity contribution in [3.8, 4) is 0 Å². The molecule has 1 aliphatic rings. The molecule has 1 aliphatic heterocycles. The van der Waals surface area contributed by atoms with E-state index in [0.29, 0.717) is 32.5 Å². The number of nitrogens with two attached hydrogens (primary N) is 1. The lowest BCUT2D eigenvalue weighted by atomic mass is 9.96. The predicted octanol–water partition coefficient (Wildman–Crippen LogP) is 1.41. The molecule has 1 saturated heterocycles. The Morgan fingerprint density at radius 3 is 2.91 bits per heavy atom. The Labute approximate surface area is 133 Å². The zero-order chi connectivity index (χ0) is 16.1. The van der Waals surface area contributed by atoms with Gasteiger partial charge >= 0.3 is 0 Å². The Kier molecular flexibility index (Phi) is 5.74. The van der Waals surface area contributed by atoms with E-state index in [4.69, 9.17) is 17.3 Å². The molecule has 22 heavy (non-hydrogen) atoms. The molecule has 0 aromatic heterocycles. The molecule has 0 saturated carbocycles. The van der Waals surface area contributed by atoms with E-state index in [1.165, 1.54) is 17.0 Å². The highest BCUT2D eigenvalue weighted by atomic mass is 35.5. The number of hydrogen-bond donors (Lipinski definition) is 2. The van der Waals surface area contributed by atoms with E-state index in [9.17, 15) is 14.0 Å². The quantitative estimate of drug-likeness (QED) is 0.878. The number of benzene rings is 1. The number of carbonyl (C=O) groups excluding carboxylic acids is 2. The van der Waals surface area contributed by atoms with Crippen molar-refractivity contribution in [3.63, 3.8) is 0 Å². The normalized spacial score (nSPS) is 18.1. The number of hydrogen-bond acceptors (Lipinski definition) is 3. The zero-order valence-corrected chi connectivity index (χ0v) is 12.9. The third-order valence-electron chi connectivity index (χ3n) is 3.68. The molecule has 1 aromatic rings. The molecule has 3 N–H and O–H groups in total. The maximum absolute atomic E-state index is 13.9. The van der Waals surface area contributed by atoms with Crippen molar-refractivity contribution in [1.29, 1.82) is 0 Å². The summed E-state index contributed by atoms with van der Waals surface area (Å²) in [6, 6.07) is 3.97. The Morgan fingerprint density at radius 1 is 1.45 bits per heavy atom. The van der Waals surface area contributed by atoms with Gasteiger partial charge in [0.25, 0.3) is 5.91 Å². The summed E-state index contributed by atoms with van der Waals surface area (Å²) in [5, 5.41) is 2.97. The summed E-state index contributed by atoms with van der Waals surface area (Å²) >= 11 is 5.69. The van der Waals surface area contributed by atoms with Gasteiger partial charge in [0, 0.05) is 31.2 Å². The second kappa shape index (κ2) is 7.56. The van der Waals surface area contributed by atoms with Crippen molar-refractivity contribution >= 4 is 23.4 Å². The first-order valence-electron chi connectivity index (χ1n) is 7.25. The molecular weight excluding hydrogens is 309 g/mol. The standard InChI is InChI=1S/C15H19ClFN3O2/c16-11-3-4-12(13(17)8-11)15(22)20-7-1-2-10(9-20)14(21)19-6-5-18/h3-4,8,10H,1-2,5-7,9,18H2,(H,19,21). The van der Waals surface area contributed by atoms with Crippen molar-refractivity contribution in [3.05, 3.63) is 34.6 Å². The van der Waals surface area contributed by atoms with E-state index in [1.807, 2.05) is 0 Å². The average molecular weight is 328 g/mol. The lowest BCUT2D eigenvalue weighted by molar-refractivity contribution is -0.126. The summed E-state index contributed by atoms with van der Waals surface area (Å²) in [6.45, 7) is 1.59. The van der Waals surface area contributed by atoms with E-state index >= 15 is 0 Å². The van der Waals surface area contributed by atoms with E-state index in [0.717, 1.165) is 6.07 Å². The van der Waals surface area contributed by atoms with Gasteiger partial charge < -0.3 is 16.0 Å². The first-order valence-corrected chi connectivity index (χ1v) is 7.63. The highest BCUT2D eigenvalue weighted by molar-refractivity contribution is 6.30. The fourth-order valence-electron chi connectivity index (χ4n) is 2.55. The Bertz CT molecular complexity index is 568. The van der Waals surface area contributed by atoms with Crippen molar-refractivity contribution in [2.75, 3.05) is 26.2 Å².